The number of thiazole rings is 1. The highest BCUT2D eigenvalue weighted by Gasteiger charge is 2.29. The number of H-pyrrole nitrogens is 2. The smallest absolute Gasteiger partial charge is 0.182 e. The summed E-state index contributed by atoms with van der Waals surface area (Å²) in [6, 6.07) is 22.0. The molecule has 1 aliphatic carbocycles. The molecule has 1 atom stereocenters. The molecule has 25 heterocycles. The molecular weight excluding hydrogens is 2140 g/mol. The van der Waals surface area contributed by atoms with Gasteiger partial charge in [0.15, 0.2) is 79.7 Å². The standard InChI is InChI=1S/C18H20N8S2.C17H17N7S2.C15H15N7S3.C15H13N5OS2.C15H13N5S3.C14H13N7S2/c1-11-5-15(28-24-11)22-17-18-20-8-14(12-6-21-25(2)9-12)26(18)10-16(23-17)27-13-3-4-19-7-13;1-9-5-14(26-23-9)19-16-17-18-7-13(24(17)8-15(20-16)25-2)12-6-11(21-22-12)10-3-4-10;1-8-4-11(25-21-8)19-13-14-17-5-9(10-6-18-15(16-2)24-10)22(14)7-12(20-13)23-3;1-9-6-12(23-19-9)17-14-15-16-7-10(11-4-3-5-21-11)20(15)8-13(18-14)22-2;1-9-5-12(23-19-9)17-14-15-16-6-11(10-3-4-22-8-10)20(15)7-13(18-14)21-2;1-8-5-11(23-20-8)17-13-14-15-6-10(9-3-4-16-19-9)21(14)7-12(18-13)22-2/h5-6,8-10,13,19H,3-4,7H2,1-2H3,(H,22,23);5-8,10H,3-4H2,1-2H3,(H,19,20)(H,21,22);4-7H,1-3H3,(H,16,18)(H,19,20);2*3-8H,1-2H3,(H,17,18);3-7H,1-2H3,(H,16,19)(H,17,18). The number of nitrogens with one attached hydrogen (secondary N) is 10. The Bertz CT molecular complexity index is 8310. The summed E-state index contributed by atoms with van der Waals surface area (Å²) in [5.41, 5.74) is 21.7. The van der Waals surface area contributed by atoms with E-state index in [0.717, 1.165) is 238 Å². The number of nitrogens with zero attached hydrogens (tertiary/aromatic N) is 29. The minimum atomic E-state index is 0.536. The van der Waals surface area contributed by atoms with Gasteiger partial charge >= 0.3 is 0 Å². The number of aryl methyl sites for hydroxylation is 7. The maximum absolute atomic E-state index is 5.50. The van der Waals surface area contributed by atoms with Crippen LogP contribution in [0.15, 0.2) is 217 Å². The zero-order valence-electron chi connectivity index (χ0n) is 81.1. The van der Waals surface area contributed by atoms with E-state index in [0.29, 0.717) is 22.8 Å². The first-order chi connectivity index (χ1) is 72.3. The Morgan fingerprint density at radius 1 is 0.412 bits per heavy atom. The van der Waals surface area contributed by atoms with Gasteiger partial charge in [-0.2, -0.15) is 52.9 Å². The molecular formula is C94H91N39OS14. The van der Waals surface area contributed by atoms with Crippen molar-refractivity contribution in [1.82, 2.24) is 153 Å². The Morgan fingerprint density at radius 2 is 0.818 bits per heavy atom. The molecule has 40 nitrogen and oxygen atoms in total. The van der Waals surface area contributed by atoms with Crippen molar-refractivity contribution in [2.45, 2.75) is 102 Å². The third-order valence-electron chi connectivity index (χ3n) is 22.6. The largest absolute Gasteiger partial charge is 0.463 e. The zero-order chi connectivity index (χ0) is 102. The number of hydrogen-bond acceptors (Lipinski definition) is 45. The van der Waals surface area contributed by atoms with Gasteiger partial charge in [-0.05, 0) is 240 Å². The van der Waals surface area contributed by atoms with E-state index in [1.54, 1.807) is 105 Å². The number of thiophene rings is 1. The molecule has 2 aliphatic rings. The Hall–Kier alpha value is -13.6. The van der Waals surface area contributed by atoms with E-state index in [-0.39, 0.29) is 0 Å². The van der Waals surface area contributed by atoms with Crippen molar-refractivity contribution in [3.63, 3.8) is 0 Å². The van der Waals surface area contributed by atoms with E-state index >= 15 is 0 Å². The number of aromatic nitrogens is 31. The monoisotopic (exact) mass is 2230 g/mol. The molecule has 1 saturated carbocycles. The van der Waals surface area contributed by atoms with Gasteiger partial charge in [0.2, 0.25) is 0 Å². The van der Waals surface area contributed by atoms with Crippen LogP contribution in [0.4, 0.5) is 70.0 Å². The number of aromatic amines is 2. The maximum atomic E-state index is 5.50. The van der Waals surface area contributed by atoms with Crippen LogP contribution in [0, 0.1) is 41.5 Å². The van der Waals surface area contributed by atoms with E-state index in [4.69, 9.17) is 14.4 Å². The number of hydrogen-bond donors (Lipinski definition) is 10. The van der Waals surface area contributed by atoms with Gasteiger partial charge in [0.1, 0.15) is 71.6 Å². The van der Waals surface area contributed by atoms with Crippen LogP contribution in [0.1, 0.15) is 65.0 Å². The van der Waals surface area contributed by atoms with Crippen molar-refractivity contribution in [2.75, 3.05) is 88.6 Å². The Balaban J connectivity index is 0.000000104. The summed E-state index contributed by atoms with van der Waals surface area (Å²) in [5, 5.41) is 62.4. The lowest BCUT2D eigenvalue weighted by Crippen LogP contribution is -2.10. The Morgan fingerprint density at radius 3 is 1.19 bits per heavy atom. The molecule has 0 radical (unpaired) electrons. The number of rotatable bonds is 27. The quantitative estimate of drug-likeness (QED) is 0.0214. The van der Waals surface area contributed by atoms with Crippen LogP contribution < -0.4 is 42.5 Å². The summed E-state index contributed by atoms with van der Waals surface area (Å²) in [6.45, 7) is 13.9. The fraction of sp³-hybridized carbons (Fsp3) is 0.213. The maximum Gasteiger partial charge on any atom is 0.182 e. The molecule has 1 saturated heterocycles. The summed E-state index contributed by atoms with van der Waals surface area (Å²) in [7, 11) is 3.79. The fourth-order valence-corrected chi connectivity index (χ4v) is 24.0. The molecule has 24 aromatic heterocycles. The summed E-state index contributed by atoms with van der Waals surface area (Å²) < 4.78 is 45.5. The third-order valence-corrected chi connectivity index (χ3v) is 33.3. The van der Waals surface area contributed by atoms with Gasteiger partial charge in [0, 0.05) is 110 Å². The highest BCUT2D eigenvalue weighted by Crippen LogP contribution is 2.43. The second-order valence-electron chi connectivity index (χ2n) is 33.2. The van der Waals surface area contributed by atoms with Crippen LogP contribution in [-0.2, 0) is 7.05 Å². The van der Waals surface area contributed by atoms with Crippen molar-refractivity contribution in [3.05, 3.63) is 223 Å². The van der Waals surface area contributed by atoms with E-state index in [1.807, 2.05) is 243 Å². The van der Waals surface area contributed by atoms with E-state index in [9.17, 15) is 0 Å². The minimum Gasteiger partial charge on any atom is -0.463 e. The number of thioether (sulfide) groups is 6. The Labute approximate surface area is 903 Å². The van der Waals surface area contributed by atoms with Gasteiger partial charge in [-0.1, -0.05) is 11.3 Å². The molecule has 54 heteroatoms. The molecule has 752 valence electrons. The molecule has 0 spiro atoms. The second kappa shape index (κ2) is 45.2. The van der Waals surface area contributed by atoms with Crippen LogP contribution >= 0.6 is 162 Å². The number of furan rings is 1. The van der Waals surface area contributed by atoms with Gasteiger partial charge in [-0.3, -0.25) is 41.3 Å². The molecule has 2 fully saturated rings. The lowest BCUT2D eigenvalue weighted by molar-refractivity contribution is 0.579. The minimum absolute atomic E-state index is 0.536. The number of anilines is 13. The van der Waals surface area contributed by atoms with Crippen molar-refractivity contribution < 1.29 is 4.42 Å². The van der Waals surface area contributed by atoms with Crippen LogP contribution in [-0.4, -0.2) is 204 Å². The highest BCUT2D eigenvalue weighted by atomic mass is 32.2. The molecule has 0 amide bonds. The first-order valence-corrected chi connectivity index (χ1v) is 59.0. The van der Waals surface area contributed by atoms with Gasteiger partial charge in [-0.25, -0.2) is 64.8 Å². The molecule has 148 heavy (non-hydrogen) atoms. The molecule has 26 rings (SSSR count). The van der Waals surface area contributed by atoms with Crippen molar-refractivity contribution in [3.8, 4) is 67.3 Å². The van der Waals surface area contributed by atoms with Gasteiger partial charge in [0.25, 0.3) is 0 Å². The average molecular weight is 2230 g/mol. The zero-order valence-corrected chi connectivity index (χ0v) is 92.5. The predicted molar refractivity (Wildman–Crippen MR) is 606 cm³/mol. The second-order valence-corrected chi connectivity index (χ2v) is 45.3. The first-order valence-electron chi connectivity index (χ1n) is 45.6. The van der Waals surface area contributed by atoms with E-state index in [1.165, 1.54) is 93.3 Å². The first kappa shape index (κ1) is 100. The fourth-order valence-electron chi connectivity index (χ4n) is 15.5. The van der Waals surface area contributed by atoms with Crippen molar-refractivity contribution in [2.24, 2.45) is 7.05 Å². The molecule has 0 bridgehead atoms. The molecule has 1 unspecified atom stereocenters. The van der Waals surface area contributed by atoms with E-state index in [2.05, 4.69) is 196 Å². The Kier molecular flexibility index (Phi) is 30.7. The lowest BCUT2D eigenvalue weighted by Gasteiger charge is -2.11. The van der Waals surface area contributed by atoms with Gasteiger partial charge in [0.05, 0.1) is 123 Å². The van der Waals surface area contributed by atoms with Crippen molar-refractivity contribution >= 4 is 266 Å². The van der Waals surface area contributed by atoms with Gasteiger partial charge < -0.3 is 47.0 Å². The summed E-state index contributed by atoms with van der Waals surface area (Å²) in [4.78, 5) is 61.0. The van der Waals surface area contributed by atoms with Crippen LogP contribution in [0.5, 0.6) is 0 Å². The summed E-state index contributed by atoms with van der Waals surface area (Å²) in [5.74, 6) is 5.78. The molecule has 1 aliphatic heterocycles. The SMILES string of the molecule is CNc1ncc(-c2cnc3c(Nc4cc(C)ns4)nc(SC)cn23)s1.CSc1cn2c(-c3cc(C4CC4)[nH]n3)cnc2c(Nc2cc(C)ns2)n1.CSc1cn2c(-c3ccco3)cnc2c(Nc2cc(C)ns2)n1.CSc1cn2c(-c3ccn[nH]3)cnc2c(Nc2cc(C)ns2)n1.CSc1cn2c(-c3ccsc3)cnc2c(Nc2cc(C)ns2)n1.Cc1cc(Nc2nc(SC3CCNC3)cn3c(-c4cnn(C)c4)cnc23)sn1. The number of imidazole rings is 6. The van der Waals surface area contributed by atoms with Crippen LogP contribution in [0.25, 0.3) is 101 Å². The molecule has 24 aromatic rings. The number of fused-ring (bicyclic) bond motifs is 6. The topological polar surface area (TPSA) is 456 Å². The normalized spacial score (nSPS) is 12.8. The van der Waals surface area contributed by atoms with E-state index < -0.39 is 0 Å². The lowest BCUT2D eigenvalue weighted by atomic mass is 10.2. The molecule has 0 aromatic carbocycles. The summed E-state index contributed by atoms with van der Waals surface area (Å²) >= 11 is 21.6. The summed E-state index contributed by atoms with van der Waals surface area (Å²) in [6.07, 6.45) is 46.0. The highest BCUT2D eigenvalue weighted by molar-refractivity contribution is 8.00. The average Bonchev–Trinajstić information content (AvgIpc) is 1.60. The molecule has 10 N–H and O–H groups in total. The predicted octanol–water partition coefficient (Wildman–Crippen LogP) is 23.7. The van der Waals surface area contributed by atoms with Crippen LogP contribution in [0.2, 0.25) is 0 Å². The van der Waals surface area contributed by atoms with Gasteiger partial charge in [-0.15, -0.1) is 70.6 Å². The third kappa shape index (κ3) is 22.8. The van der Waals surface area contributed by atoms with Crippen molar-refractivity contribution in [1.29, 1.82) is 0 Å². The van der Waals surface area contributed by atoms with Crippen LogP contribution in [0.3, 0.4) is 0 Å².